The van der Waals surface area contributed by atoms with Crippen molar-refractivity contribution in [3.8, 4) is 0 Å². The highest BCUT2D eigenvalue weighted by Crippen LogP contribution is 2.24. The van der Waals surface area contributed by atoms with Crippen LogP contribution in [0.5, 0.6) is 0 Å². The molecule has 0 saturated carbocycles. The molecule has 0 bridgehead atoms. The highest BCUT2D eigenvalue weighted by atomic mass is 16.7. The molecule has 1 aliphatic rings. The molecule has 9 nitrogen and oxygen atoms in total. The SMILES string of the molecule is OCC1OC(OC[C@@H](O)[C@@H](O)CO)=C(O)C(O)[C@@H]1O. The summed E-state index contributed by atoms with van der Waals surface area (Å²) in [6.45, 7) is -1.83. The number of aliphatic hydroxyl groups is 7. The molecular weight excluding hydrogens is 264 g/mol. The average Bonchev–Trinajstić information content (AvgIpc) is 2.42. The fraction of sp³-hybridized carbons (Fsp3) is 0.800. The minimum absolute atomic E-state index is 0.526. The minimum atomic E-state index is -1.69. The van der Waals surface area contributed by atoms with Gasteiger partial charge < -0.3 is 45.2 Å². The van der Waals surface area contributed by atoms with Crippen LogP contribution in [0.25, 0.3) is 0 Å². The summed E-state index contributed by atoms with van der Waals surface area (Å²) in [6, 6.07) is 0. The lowest BCUT2D eigenvalue weighted by Crippen LogP contribution is -2.47. The predicted octanol–water partition coefficient (Wildman–Crippen LogP) is -3.44. The Bertz CT molecular complexity index is 318. The Morgan fingerprint density at radius 1 is 1.16 bits per heavy atom. The van der Waals surface area contributed by atoms with Gasteiger partial charge in [0.05, 0.1) is 13.2 Å². The van der Waals surface area contributed by atoms with Gasteiger partial charge >= 0.3 is 5.95 Å². The molecule has 0 saturated heterocycles. The molecule has 0 fully saturated rings. The van der Waals surface area contributed by atoms with Gasteiger partial charge in [-0.3, -0.25) is 0 Å². The highest BCUT2D eigenvalue weighted by molar-refractivity contribution is 5.08. The van der Waals surface area contributed by atoms with Crippen LogP contribution in [0.4, 0.5) is 0 Å². The van der Waals surface area contributed by atoms with E-state index >= 15 is 0 Å². The van der Waals surface area contributed by atoms with Crippen molar-refractivity contribution < 1.29 is 45.2 Å². The lowest BCUT2D eigenvalue weighted by molar-refractivity contribution is -0.156. The highest BCUT2D eigenvalue weighted by Gasteiger charge is 2.39. The van der Waals surface area contributed by atoms with Crippen molar-refractivity contribution in [1.29, 1.82) is 0 Å². The van der Waals surface area contributed by atoms with Crippen LogP contribution in [0.2, 0.25) is 0 Å². The molecule has 2 unspecified atom stereocenters. The van der Waals surface area contributed by atoms with E-state index in [1.54, 1.807) is 0 Å². The van der Waals surface area contributed by atoms with E-state index in [1.807, 2.05) is 0 Å². The standard InChI is InChI=1S/C10H18O9/c11-1-4(13)5(14)3-18-10-9(17)8(16)7(15)6(2-12)19-10/h4-8,11-17H,1-3H2/t4-,5+,6?,7+,8?/m0/s1. The van der Waals surface area contributed by atoms with E-state index in [-0.39, 0.29) is 0 Å². The lowest BCUT2D eigenvalue weighted by atomic mass is 10.0. The van der Waals surface area contributed by atoms with Gasteiger partial charge in [-0.1, -0.05) is 0 Å². The van der Waals surface area contributed by atoms with Crippen LogP contribution in [0.1, 0.15) is 0 Å². The second-order valence-corrected chi connectivity index (χ2v) is 4.08. The largest absolute Gasteiger partial charge is 0.504 e. The molecule has 0 aromatic heterocycles. The van der Waals surface area contributed by atoms with Crippen LogP contribution >= 0.6 is 0 Å². The Balaban J connectivity index is 2.66. The molecule has 0 amide bonds. The Morgan fingerprint density at radius 2 is 1.79 bits per heavy atom. The fourth-order valence-corrected chi connectivity index (χ4v) is 1.40. The molecule has 1 rings (SSSR count). The van der Waals surface area contributed by atoms with E-state index in [9.17, 15) is 20.4 Å². The number of rotatable bonds is 6. The third kappa shape index (κ3) is 3.69. The van der Waals surface area contributed by atoms with Crippen molar-refractivity contribution in [2.24, 2.45) is 0 Å². The maximum atomic E-state index is 9.47. The van der Waals surface area contributed by atoms with Gasteiger partial charge in [0, 0.05) is 0 Å². The Kier molecular flexibility index (Phi) is 5.79. The zero-order chi connectivity index (χ0) is 14.6. The van der Waals surface area contributed by atoms with Gasteiger partial charge in [0.2, 0.25) is 5.76 Å². The molecule has 0 aliphatic carbocycles. The Labute approximate surface area is 108 Å². The minimum Gasteiger partial charge on any atom is -0.504 e. The maximum Gasteiger partial charge on any atom is 0.322 e. The number of hydrogen-bond donors (Lipinski definition) is 7. The smallest absolute Gasteiger partial charge is 0.322 e. The first kappa shape index (κ1) is 16.0. The summed E-state index contributed by atoms with van der Waals surface area (Å²) in [5, 5.41) is 64.3. The molecule has 9 heteroatoms. The van der Waals surface area contributed by atoms with Crippen molar-refractivity contribution in [2.45, 2.75) is 30.5 Å². The molecule has 1 aliphatic heterocycles. The molecular formula is C10H18O9. The zero-order valence-corrected chi connectivity index (χ0v) is 9.96. The molecule has 19 heavy (non-hydrogen) atoms. The number of hydrogen-bond acceptors (Lipinski definition) is 9. The summed E-state index contributed by atoms with van der Waals surface area (Å²) in [6.07, 6.45) is -7.28. The molecule has 0 aromatic rings. The van der Waals surface area contributed by atoms with E-state index in [4.69, 9.17) is 24.8 Å². The van der Waals surface area contributed by atoms with Crippen LogP contribution in [-0.4, -0.2) is 86.1 Å². The summed E-state index contributed by atoms with van der Waals surface area (Å²) in [7, 11) is 0. The van der Waals surface area contributed by atoms with Crippen molar-refractivity contribution in [1.82, 2.24) is 0 Å². The van der Waals surface area contributed by atoms with Gasteiger partial charge in [0.1, 0.15) is 31.0 Å². The fourth-order valence-electron chi connectivity index (χ4n) is 1.40. The monoisotopic (exact) mass is 282 g/mol. The molecule has 7 N–H and O–H groups in total. The Morgan fingerprint density at radius 3 is 2.32 bits per heavy atom. The molecule has 0 aromatic carbocycles. The molecule has 5 atom stereocenters. The van der Waals surface area contributed by atoms with Crippen LogP contribution in [0.15, 0.2) is 11.7 Å². The second-order valence-electron chi connectivity index (χ2n) is 4.08. The Hall–Kier alpha value is -1.10. The second kappa shape index (κ2) is 6.89. The maximum absolute atomic E-state index is 9.47. The van der Waals surface area contributed by atoms with Crippen molar-refractivity contribution in [3.63, 3.8) is 0 Å². The van der Waals surface area contributed by atoms with Crippen molar-refractivity contribution in [2.75, 3.05) is 19.8 Å². The van der Waals surface area contributed by atoms with E-state index in [2.05, 4.69) is 0 Å². The molecule has 1 heterocycles. The third-order valence-electron chi connectivity index (χ3n) is 2.65. The van der Waals surface area contributed by atoms with Gasteiger partial charge in [0.25, 0.3) is 0 Å². The number of ether oxygens (including phenoxy) is 2. The first-order chi connectivity index (χ1) is 8.92. The summed E-state index contributed by atoms with van der Waals surface area (Å²) in [5.74, 6) is -1.36. The van der Waals surface area contributed by atoms with Gasteiger partial charge in [-0.15, -0.1) is 0 Å². The van der Waals surface area contributed by atoms with E-state index in [0.29, 0.717) is 0 Å². The van der Waals surface area contributed by atoms with E-state index in [1.165, 1.54) is 0 Å². The molecule has 112 valence electrons. The third-order valence-corrected chi connectivity index (χ3v) is 2.65. The molecule has 0 radical (unpaired) electrons. The van der Waals surface area contributed by atoms with Crippen molar-refractivity contribution in [3.05, 3.63) is 11.7 Å². The zero-order valence-electron chi connectivity index (χ0n) is 9.96. The molecule has 0 spiro atoms. The number of aliphatic hydroxyl groups excluding tert-OH is 7. The van der Waals surface area contributed by atoms with E-state index < -0.39 is 62.0 Å². The summed E-state index contributed by atoms with van der Waals surface area (Å²) in [5.41, 5.74) is 0. The van der Waals surface area contributed by atoms with Crippen LogP contribution < -0.4 is 0 Å². The van der Waals surface area contributed by atoms with Crippen LogP contribution in [0, 0.1) is 0 Å². The van der Waals surface area contributed by atoms with Gasteiger partial charge in [-0.05, 0) is 0 Å². The normalized spacial score (nSPS) is 30.7. The topological polar surface area (TPSA) is 160 Å². The lowest BCUT2D eigenvalue weighted by Gasteiger charge is -2.32. The summed E-state index contributed by atoms with van der Waals surface area (Å²) in [4.78, 5) is 0. The summed E-state index contributed by atoms with van der Waals surface area (Å²) >= 11 is 0. The van der Waals surface area contributed by atoms with E-state index in [0.717, 1.165) is 0 Å². The quantitative estimate of drug-likeness (QED) is 0.263. The van der Waals surface area contributed by atoms with Gasteiger partial charge in [0.15, 0.2) is 6.10 Å². The van der Waals surface area contributed by atoms with Gasteiger partial charge in [-0.2, -0.15) is 0 Å². The predicted molar refractivity (Wildman–Crippen MR) is 58.7 cm³/mol. The summed E-state index contributed by atoms with van der Waals surface area (Å²) < 4.78 is 9.72. The van der Waals surface area contributed by atoms with Crippen LogP contribution in [-0.2, 0) is 9.47 Å². The average molecular weight is 282 g/mol. The van der Waals surface area contributed by atoms with Gasteiger partial charge in [-0.25, -0.2) is 0 Å². The first-order valence-corrected chi connectivity index (χ1v) is 5.58. The van der Waals surface area contributed by atoms with Crippen molar-refractivity contribution >= 4 is 0 Å². The first-order valence-electron chi connectivity index (χ1n) is 5.58. The van der Waals surface area contributed by atoms with Crippen LogP contribution in [0.3, 0.4) is 0 Å².